The second-order valence-corrected chi connectivity index (χ2v) is 7.10. The minimum absolute atomic E-state index is 0.327. The lowest BCUT2D eigenvalue weighted by Gasteiger charge is -2.53. The Kier molecular flexibility index (Phi) is 3.68. The van der Waals surface area contributed by atoms with Crippen molar-refractivity contribution in [2.45, 2.75) is 88.3 Å². The number of hydrogen-bond acceptors (Lipinski definition) is 2. The van der Waals surface area contributed by atoms with Crippen LogP contribution in [-0.2, 0) is 0 Å². The van der Waals surface area contributed by atoms with Crippen molar-refractivity contribution in [2.24, 2.45) is 5.92 Å². The number of fused-ring (bicyclic) bond motifs is 2. The lowest BCUT2D eigenvalue weighted by molar-refractivity contribution is -0.119. The molecule has 0 aromatic rings. The largest absolute Gasteiger partial charge is 0.389 e. The highest BCUT2D eigenvalue weighted by atomic mass is 16.3. The van der Waals surface area contributed by atoms with Crippen LogP contribution in [0.4, 0.5) is 0 Å². The predicted octanol–water partition coefficient (Wildman–Crippen LogP) is 3.33. The lowest BCUT2D eigenvalue weighted by Crippen LogP contribution is -2.58. The van der Waals surface area contributed by atoms with Crippen molar-refractivity contribution < 1.29 is 5.11 Å². The molecule has 2 nitrogen and oxygen atoms in total. The van der Waals surface area contributed by atoms with Gasteiger partial charge in [-0.3, -0.25) is 0 Å². The van der Waals surface area contributed by atoms with Gasteiger partial charge in [-0.2, -0.15) is 0 Å². The van der Waals surface area contributed by atoms with E-state index in [1.54, 1.807) is 0 Å². The van der Waals surface area contributed by atoms with E-state index >= 15 is 0 Å². The summed E-state index contributed by atoms with van der Waals surface area (Å²) in [6.45, 7) is 0. The third kappa shape index (κ3) is 2.34. The Morgan fingerprint density at radius 1 is 0.833 bits per heavy atom. The summed E-state index contributed by atoms with van der Waals surface area (Å²) >= 11 is 0. The first-order chi connectivity index (χ1) is 8.69. The van der Waals surface area contributed by atoms with Crippen LogP contribution in [-0.4, -0.2) is 34.7 Å². The van der Waals surface area contributed by atoms with Crippen molar-refractivity contribution in [2.75, 3.05) is 7.05 Å². The van der Waals surface area contributed by atoms with Gasteiger partial charge in [0, 0.05) is 12.1 Å². The van der Waals surface area contributed by atoms with E-state index in [1.165, 1.54) is 57.8 Å². The fourth-order valence-electron chi connectivity index (χ4n) is 4.84. The van der Waals surface area contributed by atoms with Gasteiger partial charge in [0.25, 0.3) is 0 Å². The highest BCUT2D eigenvalue weighted by Crippen LogP contribution is 2.45. The zero-order valence-electron chi connectivity index (χ0n) is 11.9. The van der Waals surface area contributed by atoms with Gasteiger partial charge in [-0.15, -0.1) is 0 Å². The van der Waals surface area contributed by atoms with E-state index < -0.39 is 0 Å². The zero-order valence-corrected chi connectivity index (χ0v) is 11.9. The fourth-order valence-corrected chi connectivity index (χ4v) is 4.84. The first-order valence-corrected chi connectivity index (χ1v) is 8.13. The molecular formula is C16H29NO. The van der Waals surface area contributed by atoms with Gasteiger partial charge in [0.1, 0.15) is 0 Å². The Morgan fingerprint density at radius 3 is 1.94 bits per heavy atom. The molecule has 18 heavy (non-hydrogen) atoms. The summed E-state index contributed by atoms with van der Waals surface area (Å²) in [6.07, 6.45) is 14.1. The molecule has 1 N–H and O–H groups in total. The van der Waals surface area contributed by atoms with Gasteiger partial charge in [-0.05, 0) is 51.5 Å². The molecular weight excluding hydrogens is 222 g/mol. The van der Waals surface area contributed by atoms with Crippen LogP contribution in [0.5, 0.6) is 0 Å². The normalized spacial score (nSPS) is 43.7. The van der Waals surface area contributed by atoms with Crippen LogP contribution >= 0.6 is 0 Å². The van der Waals surface area contributed by atoms with E-state index in [2.05, 4.69) is 11.9 Å². The Bertz CT molecular complexity index is 269. The third-order valence-corrected chi connectivity index (χ3v) is 6.02. The molecule has 2 atom stereocenters. The maximum absolute atomic E-state index is 11.2. The Hall–Kier alpha value is -0.0800. The van der Waals surface area contributed by atoms with E-state index in [0.29, 0.717) is 18.0 Å². The van der Waals surface area contributed by atoms with Crippen molar-refractivity contribution in [3.05, 3.63) is 0 Å². The first-order valence-electron chi connectivity index (χ1n) is 8.13. The highest BCUT2D eigenvalue weighted by Gasteiger charge is 2.47. The van der Waals surface area contributed by atoms with E-state index in [0.717, 1.165) is 12.8 Å². The number of nitrogens with zero attached hydrogens (tertiary/aromatic N) is 1. The molecule has 2 saturated heterocycles. The van der Waals surface area contributed by atoms with Gasteiger partial charge in [0.05, 0.1) is 5.60 Å². The number of piperidine rings is 2. The van der Waals surface area contributed by atoms with Gasteiger partial charge in [-0.25, -0.2) is 0 Å². The number of aliphatic hydroxyl groups is 1. The molecule has 0 amide bonds. The van der Waals surface area contributed by atoms with E-state index in [9.17, 15) is 5.11 Å². The maximum atomic E-state index is 11.2. The Labute approximate surface area is 112 Å². The summed E-state index contributed by atoms with van der Waals surface area (Å²) in [4.78, 5) is 2.56. The summed E-state index contributed by atoms with van der Waals surface area (Å²) < 4.78 is 0. The van der Waals surface area contributed by atoms with Crippen LogP contribution in [0.3, 0.4) is 0 Å². The molecule has 2 unspecified atom stereocenters. The van der Waals surface area contributed by atoms with Crippen molar-refractivity contribution >= 4 is 0 Å². The molecule has 2 heteroatoms. The van der Waals surface area contributed by atoms with E-state index in [1.807, 2.05) is 0 Å². The summed E-state index contributed by atoms with van der Waals surface area (Å²) in [5.74, 6) is 0.594. The van der Waals surface area contributed by atoms with Crippen LogP contribution in [0.2, 0.25) is 0 Å². The van der Waals surface area contributed by atoms with Gasteiger partial charge in [0.15, 0.2) is 0 Å². The number of hydrogen-bond donors (Lipinski definition) is 1. The van der Waals surface area contributed by atoms with Crippen LogP contribution in [0.15, 0.2) is 0 Å². The maximum Gasteiger partial charge on any atom is 0.0705 e. The molecule has 0 aromatic heterocycles. The SMILES string of the molecule is CN1C2CCCC1CC(O)(C1CCCCCC1)C2. The van der Waals surface area contributed by atoms with Crippen LogP contribution < -0.4 is 0 Å². The summed E-state index contributed by atoms with van der Waals surface area (Å²) in [7, 11) is 2.28. The molecule has 1 aliphatic carbocycles. The van der Waals surface area contributed by atoms with Crippen LogP contribution in [0, 0.1) is 5.92 Å². The third-order valence-electron chi connectivity index (χ3n) is 6.02. The second-order valence-electron chi connectivity index (χ2n) is 7.10. The summed E-state index contributed by atoms with van der Waals surface area (Å²) in [5.41, 5.74) is -0.327. The van der Waals surface area contributed by atoms with Gasteiger partial charge < -0.3 is 10.0 Å². The smallest absolute Gasteiger partial charge is 0.0705 e. The molecule has 0 spiro atoms. The predicted molar refractivity (Wildman–Crippen MR) is 74.6 cm³/mol. The molecule has 3 aliphatic rings. The molecule has 3 rings (SSSR count). The molecule has 2 bridgehead atoms. The first kappa shape index (κ1) is 12.9. The van der Waals surface area contributed by atoms with E-state index in [4.69, 9.17) is 0 Å². The molecule has 0 radical (unpaired) electrons. The quantitative estimate of drug-likeness (QED) is 0.723. The average Bonchev–Trinajstić information content (AvgIpc) is 2.60. The lowest BCUT2D eigenvalue weighted by atomic mass is 9.68. The van der Waals surface area contributed by atoms with Crippen LogP contribution in [0.25, 0.3) is 0 Å². The molecule has 2 aliphatic heterocycles. The molecule has 0 aromatic carbocycles. The molecule has 2 heterocycles. The summed E-state index contributed by atoms with van der Waals surface area (Å²) in [6, 6.07) is 1.32. The van der Waals surface area contributed by atoms with Crippen LogP contribution in [0.1, 0.15) is 70.6 Å². The minimum Gasteiger partial charge on any atom is -0.389 e. The number of rotatable bonds is 1. The molecule has 3 fully saturated rings. The average molecular weight is 251 g/mol. The fraction of sp³-hybridized carbons (Fsp3) is 1.00. The van der Waals surface area contributed by atoms with Gasteiger partial charge in [0.2, 0.25) is 0 Å². The van der Waals surface area contributed by atoms with Gasteiger partial charge in [-0.1, -0.05) is 32.1 Å². The summed E-state index contributed by atoms with van der Waals surface area (Å²) in [5, 5.41) is 11.2. The Balaban J connectivity index is 1.73. The monoisotopic (exact) mass is 251 g/mol. The van der Waals surface area contributed by atoms with Crippen molar-refractivity contribution in [3.8, 4) is 0 Å². The molecule has 1 saturated carbocycles. The second kappa shape index (κ2) is 5.13. The van der Waals surface area contributed by atoms with E-state index in [-0.39, 0.29) is 5.60 Å². The topological polar surface area (TPSA) is 23.5 Å². The zero-order chi connectivity index (χ0) is 12.6. The van der Waals surface area contributed by atoms with Crippen molar-refractivity contribution in [1.82, 2.24) is 4.90 Å². The minimum atomic E-state index is -0.327. The Morgan fingerprint density at radius 2 is 1.39 bits per heavy atom. The molecule has 104 valence electrons. The highest BCUT2D eigenvalue weighted by molar-refractivity contribution is 5.01. The van der Waals surface area contributed by atoms with Crippen molar-refractivity contribution in [1.29, 1.82) is 0 Å². The van der Waals surface area contributed by atoms with Gasteiger partial charge >= 0.3 is 0 Å². The van der Waals surface area contributed by atoms with Crippen molar-refractivity contribution in [3.63, 3.8) is 0 Å². The standard InChI is InChI=1S/C16H29NO/c1-17-14-9-6-10-15(17)12-16(18,11-14)13-7-4-2-3-5-8-13/h13-15,18H,2-12H2,1H3.